The summed E-state index contributed by atoms with van der Waals surface area (Å²) < 4.78 is 0. The first-order valence-corrected chi connectivity index (χ1v) is 8.12. The number of rotatable bonds is 3. The van der Waals surface area contributed by atoms with Crippen LogP contribution >= 0.6 is 23.8 Å². The molecule has 1 fully saturated rings. The highest BCUT2D eigenvalue weighted by molar-refractivity contribution is 7.80. The Labute approximate surface area is 132 Å². The molecule has 0 amide bonds. The lowest BCUT2D eigenvalue weighted by atomic mass is 9.89. The van der Waals surface area contributed by atoms with Gasteiger partial charge >= 0.3 is 0 Å². The van der Waals surface area contributed by atoms with Crippen LogP contribution in [0.3, 0.4) is 0 Å². The SMILES string of the molecule is CC(C)C1CCCN(c2ccc(C(N)=S)c(Cl)c2)CC1. The van der Waals surface area contributed by atoms with Gasteiger partial charge in [-0.25, -0.2) is 0 Å². The Hall–Kier alpha value is -0.800. The van der Waals surface area contributed by atoms with Crippen molar-refractivity contribution in [2.45, 2.75) is 33.1 Å². The highest BCUT2D eigenvalue weighted by Gasteiger charge is 2.20. The van der Waals surface area contributed by atoms with E-state index in [0.717, 1.165) is 30.5 Å². The Morgan fingerprint density at radius 3 is 2.70 bits per heavy atom. The second kappa shape index (κ2) is 6.77. The molecule has 0 aliphatic carbocycles. The number of halogens is 1. The van der Waals surface area contributed by atoms with Crippen molar-refractivity contribution >= 4 is 34.5 Å². The van der Waals surface area contributed by atoms with Gasteiger partial charge in [-0.2, -0.15) is 0 Å². The lowest BCUT2D eigenvalue weighted by molar-refractivity contribution is 0.351. The van der Waals surface area contributed by atoms with Gasteiger partial charge in [0.25, 0.3) is 0 Å². The molecule has 0 saturated carbocycles. The molecular formula is C16H23ClN2S. The standard InChI is InChI=1S/C16H23ClN2S/c1-11(2)12-4-3-8-19(9-7-12)13-5-6-14(16(18)20)15(17)10-13/h5-6,10-12H,3-4,7-9H2,1-2H3,(H2,18,20). The summed E-state index contributed by atoms with van der Waals surface area (Å²) in [5, 5.41) is 0.652. The monoisotopic (exact) mass is 310 g/mol. The van der Waals surface area contributed by atoms with E-state index in [1.165, 1.54) is 24.9 Å². The van der Waals surface area contributed by atoms with Crippen molar-refractivity contribution in [2.75, 3.05) is 18.0 Å². The van der Waals surface area contributed by atoms with Gasteiger partial charge in [-0.3, -0.25) is 0 Å². The number of hydrogen-bond acceptors (Lipinski definition) is 2. The van der Waals surface area contributed by atoms with Crippen LogP contribution in [0.1, 0.15) is 38.7 Å². The summed E-state index contributed by atoms with van der Waals surface area (Å²) in [6.45, 7) is 6.86. The van der Waals surface area contributed by atoms with Gasteiger partial charge < -0.3 is 10.6 Å². The van der Waals surface area contributed by atoms with Crippen LogP contribution in [-0.2, 0) is 0 Å². The quantitative estimate of drug-likeness (QED) is 0.847. The highest BCUT2D eigenvalue weighted by Crippen LogP contribution is 2.29. The normalized spacial score (nSPS) is 20.0. The molecule has 2 rings (SSSR count). The number of benzene rings is 1. The van der Waals surface area contributed by atoms with Crippen molar-refractivity contribution in [1.29, 1.82) is 0 Å². The van der Waals surface area contributed by atoms with Crippen molar-refractivity contribution in [1.82, 2.24) is 0 Å². The maximum Gasteiger partial charge on any atom is 0.105 e. The summed E-state index contributed by atoms with van der Waals surface area (Å²) >= 11 is 11.3. The fourth-order valence-electron chi connectivity index (χ4n) is 2.95. The molecule has 0 bridgehead atoms. The molecule has 1 aliphatic rings. The minimum Gasteiger partial charge on any atom is -0.389 e. The first kappa shape index (κ1) is 15.6. The fourth-order valence-corrected chi connectivity index (χ4v) is 3.46. The topological polar surface area (TPSA) is 29.3 Å². The third kappa shape index (κ3) is 3.64. The van der Waals surface area contributed by atoms with Crippen LogP contribution in [0.15, 0.2) is 18.2 Å². The van der Waals surface area contributed by atoms with E-state index in [2.05, 4.69) is 24.8 Å². The summed E-state index contributed by atoms with van der Waals surface area (Å²) in [6, 6.07) is 6.01. The lowest BCUT2D eigenvalue weighted by Crippen LogP contribution is -2.24. The molecule has 4 heteroatoms. The molecule has 2 N–H and O–H groups in total. The molecule has 0 aromatic heterocycles. The third-order valence-corrected chi connectivity index (χ3v) is 4.83. The number of nitrogens with two attached hydrogens (primary N) is 1. The second-order valence-electron chi connectivity index (χ2n) is 5.95. The van der Waals surface area contributed by atoms with Crippen LogP contribution in [0.25, 0.3) is 0 Å². The van der Waals surface area contributed by atoms with Crippen molar-refractivity contribution in [3.05, 3.63) is 28.8 Å². The molecule has 1 aliphatic heterocycles. The predicted molar refractivity (Wildman–Crippen MR) is 91.7 cm³/mol. The molecule has 1 aromatic rings. The molecule has 1 unspecified atom stereocenters. The zero-order chi connectivity index (χ0) is 14.7. The van der Waals surface area contributed by atoms with Crippen molar-refractivity contribution in [3.8, 4) is 0 Å². The van der Waals surface area contributed by atoms with Gasteiger partial charge in [0, 0.05) is 24.3 Å². The van der Waals surface area contributed by atoms with Gasteiger partial charge in [-0.1, -0.05) is 37.7 Å². The van der Waals surface area contributed by atoms with E-state index in [1.807, 2.05) is 12.1 Å². The fraction of sp³-hybridized carbons (Fsp3) is 0.562. The zero-order valence-corrected chi connectivity index (χ0v) is 13.8. The van der Waals surface area contributed by atoms with Crippen LogP contribution in [0.4, 0.5) is 5.69 Å². The van der Waals surface area contributed by atoms with E-state index >= 15 is 0 Å². The Bertz CT molecular complexity index is 487. The maximum absolute atomic E-state index is 6.27. The summed E-state index contributed by atoms with van der Waals surface area (Å²) in [7, 11) is 0. The van der Waals surface area contributed by atoms with Crippen molar-refractivity contribution in [2.24, 2.45) is 17.6 Å². The molecule has 0 spiro atoms. The largest absolute Gasteiger partial charge is 0.389 e. The van der Waals surface area contributed by atoms with Crippen LogP contribution in [-0.4, -0.2) is 18.1 Å². The molecule has 1 saturated heterocycles. The van der Waals surface area contributed by atoms with Crippen molar-refractivity contribution < 1.29 is 0 Å². The lowest BCUT2D eigenvalue weighted by Gasteiger charge is -2.24. The Morgan fingerprint density at radius 1 is 1.35 bits per heavy atom. The Balaban J connectivity index is 2.12. The summed E-state index contributed by atoms with van der Waals surface area (Å²) in [6.07, 6.45) is 3.83. The molecule has 0 radical (unpaired) electrons. The first-order chi connectivity index (χ1) is 9.49. The number of hydrogen-bond donors (Lipinski definition) is 1. The maximum atomic E-state index is 6.27. The highest BCUT2D eigenvalue weighted by atomic mass is 35.5. The molecule has 110 valence electrons. The summed E-state index contributed by atoms with van der Waals surface area (Å²) in [4.78, 5) is 2.79. The molecule has 1 aromatic carbocycles. The van der Waals surface area contributed by atoms with E-state index in [4.69, 9.17) is 29.6 Å². The summed E-state index contributed by atoms with van der Waals surface area (Å²) in [5.74, 6) is 1.61. The number of thiocarbonyl (C=S) groups is 1. The van der Waals surface area contributed by atoms with Gasteiger partial charge in [0.05, 0.1) is 5.02 Å². The summed E-state index contributed by atoms with van der Waals surface area (Å²) in [5.41, 5.74) is 7.60. The van der Waals surface area contributed by atoms with Gasteiger partial charge in [-0.05, 0) is 49.3 Å². The second-order valence-corrected chi connectivity index (χ2v) is 6.80. The minimum absolute atomic E-state index is 0.359. The van der Waals surface area contributed by atoms with E-state index in [9.17, 15) is 0 Å². The van der Waals surface area contributed by atoms with Gasteiger partial charge in [0.1, 0.15) is 4.99 Å². The molecule has 1 heterocycles. The average Bonchev–Trinajstić information content (AvgIpc) is 2.63. The van der Waals surface area contributed by atoms with Gasteiger partial charge in [0.15, 0.2) is 0 Å². The smallest absolute Gasteiger partial charge is 0.105 e. The van der Waals surface area contributed by atoms with Gasteiger partial charge in [0.2, 0.25) is 0 Å². The van der Waals surface area contributed by atoms with E-state index in [1.54, 1.807) is 0 Å². The molecule has 1 atom stereocenters. The van der Waals surface area contributed by atoms with Crippen molar-refractivity contribution in [3.63, 3.8) is 0 Å². The van der Waals surface area contributed by atoms with Crippen LogP contribution in [0, 0.1) is 11.8 Å². The van der Waals surface area contributed by atoms with E-state index < -0.39 is 0 Å². The van der Waals surface area contributed by atoms with Gasteiger partial charge in [-0.15, -0.1) is 0 Å². The van der Waals surface area contributed by atoms with E-state index in [0.29, 0.717) is 10.0 Å². The number of anilines is 1. The van der Waals surface area contributed by atoms with E-state index in [-0.39, 0.29) is 0 Å². The van der Waals surface area contributed by atoms with Crippen LogP contribution < -0.4 is 10.6 Å². The van der Waals surface area contributed by atoms with Crippen LogP contribution in [0.5, 0.6) is 0 Å². The first-order valence-electron chi connectivity index (χ1n) is 7.33. The average molecular weight is 311 g/mol. The molecule has 20 heavy (non-hydrogen) atoms. The molecular weight excluding hydrogens is 288 g/mol. The Kier molecular flexibility index (Phi) is 5.28. The minimum atomic E-state index is 0.359. The third-order valence-electron chi connectivity index (χ3n) is 4.30. The zero-order valence-electron chi connectivity index (χ0n) is 12.2. The Morgan fingerprint density at radius 2 is 2.10 bits per heavy atom. The molecule has 2 nitrogen and oxygen atoms in total. The number of nitrogens with zero attached hydrogens (tertiary/aromatic N) is 1. The van der Waals surface area contributed by atoms with Crippen LogP contribution in [0.2, 0.25) is 5.02 Å². The predicted octanol–water partition coefficient (Wildman–Crippen LogP) is 4.24.